The quantitative estimate of drug-likeness (QED) is 0.443. The highest BCUT2D eigenvalue weighted by Gasteiger charge is 2.25. The van der Waals surface area contributed by atoms with Crippen molar-refractivity contribution in [3.05, 3.63) is 102 Å². The molecule has 1 aliphatic rings. The van der Waals surface area contributed by atoms with Crippen molar-refractivity contribution in [1.29, 1.82) is 0 Å². The van der Waals surface area contributed by atoms with Crippen molar-refractivity contribution in [3.63, 3.8) is 0 Å². The van der Waals surface area contributed by atoms with Gasteiger partial charge in [0, 0.05) is 56.9 Å². The summed E-state index contributed by atoms with van der Waals surface area (Å²) in [4.78, 5) is 30.8. The molecule has 5 rings (SSSR count). The predicted octanol–water partition coefficient (Wildman–Crippen LogP) is 4.24. The SMILES string of the molecule is Cc1cccc(-c2ncc(C(=O)NCc3cccnc3)c(N3CCN(c4ccccc4F)CC3)n2)c1. The lowest BCUT2D eigenvalue weighted by Gasteiger charge is -2.37. The lowest BCUT2D eigenvalue weighted by atomic mass is 10.1. The fourth-order valence-electron chi connectivity index (χ4n) is 4.34. The van der Waals surface area contributed by atoms with Crippen LogP contribution in [0, 0.1) is 12.7 Å². The third kappa shape index (κ3) is 5.17. The molecule has 1 saturated heterocycles. The maximum atomic E-state index is 14.3. The Kier molecular flexibility index (Phi) is 6.84. The van der Waals surface area contributed by atoms with Crippen molar-refractivity contribution in [2.24, 2.45) is 0 Å². The molecule has 182 valence electrons. The number of carbonyl (C=O) groups is 1. The molecule has 0 bridgehead atoms. The van der Waals surface area contributed by atoms with Crippen LogP contribution in [-0.4, -0.2) is 47.0 Å². The molecule has 0 unspecified atom stereocenters. The molecule has 36 heavy (non-hydrogen) atoms. The van der Waals surface area contributed by atoms with Gasteiger partial charge in [-0.3, -0.25) is 9.78 Å². The van der Waals surface area contributed by atoms with E-state index in [1.807, 2.05) is 54.3 Å². The van der Waals surface area contributed by atoms with E-state index < -0.39 is 0 Å². The van der Waals surface area contributed by atoms with Gasteiger partial charge < -0.3 is 15.1 Å². The maximum absolute atomic E-state index is 14.3. The van der Waals surface area contributed by atoms with Crippen LogP contribution >= 0.6 is 0 Å². The van der Waals surface area contributed by atoms with E-state index in [2.05, 4.69) is 20.2 Å². The summed E-state index contributed by atoms with van der Waals surface area (Å²) in [6.07, 6.45) is 5.02. The number of aryl methyl sites for hydroxylation is 1. The summed E-state index contributed by atoms with van der Waals surface area (Å²) in [6.45, 7) is 4.80. The molecule has 3 heterocycles. The number of hydrogen-bond donors (Lipinski definition) is 1. The highest BCUT2D eigenvalue weighted by atomic mass is 19.1. The molecule has 1 aliphatic heterocycles. The second-order valence-corrected chi connectivity index (χ2v) is 8.77. The molecule has 0 atom stereocenters. The van der Waals surface area contributed by atoms with Gasteiger partial charge in [-0.15, -0.1) is 0 Å². The largest absolute Gasteiger partial charge is 0.366 e. The zero-order valence-corrected chi connectivity index (χ0v) is 20.1. The Morgan fingerprint density at radius 2 is 1.78 bits per heavy atom. The number of aromatic nitrogens is 3. The topological polar surface area (TPSA) is 74.2 Å². The van der Waals surface area contributed by atoms with Gasteiger partial charge in [0.1, 0.15) is 17.2 Å². The van der Waals surface area contributed by atoms with Crippen LogP contribution in [-0.2, 0) is 6.54 Å². The minimum atomic E-state index is -0.249. The Balaban J connectivity index is 1.41. The van der Waals surface area contributed by atoms with Crippen LogP contribution in [0.3, 0.4) is 0 Å². The van der Waals surface area contributed by atoms with Crippen molar-refractivity contribution in [1.82, 2.24) is 20.3 Å². The Morgan fingerprint density at radius 3 is 2.53 bits per heavy atom. The average Bonchev–Trinajstić information content (AvgIpc) is 2.92. The molecule has 0 saturated carbocycles. The van der Waals surface area contributed by atoms with Crippen LogP contribution in [0.15, 0.2) is 79.3 Å². The monoisotopic (exact) mass is 482 g/mol. The first kappa shape index (κ1) is 23.4. The van der Waals surface area contributed by atoms with E-state index in [0.29, 0.717) is 55.6 Å². The molecule has 7 nitrogen and oxygen atoms in total. The van der Waals surface area contributed by atoms with E-state index in [-0.39, 0.29) is 11.7 Å². The van der Waals surface area contributed by atoms with Gasteiger partial charge in [-0.2, -0.15) is 0 Å². The Bertz CT molecular complexity index is 1360. The van der Waals surface area contributed by atoms with Crippen LogP contribution in [0.2, 0.25) is 0 Å². The molecule has 0 radical (unpaired) electrons. The summed E-state index contributed by atoms with van der Waals surface area (Å²) in [7, 11) is 0. The standard InChI is InChI=1S/C28H27FN6O/c1-20-6-4-8-22(16-20)26-31-19-23(28(36)32-18-21-7-5-11-30-17-21)27(33-26)35-14-12-34(13-15-35)25-10-3-2-9-24(25)29/h2-11,16-17,19H,12-15,18H2,1H3,(H,32,36). The highest BCUT2D eigenvalue weighted by Crippen LogP contribution is 2.26. The van der Waals surface area contributed by atoms with Gasteiger partial charge in [0.2, 0.25) is 0 Å². The number of amides is 1. The molecule has 0 aliphatic carbocycles. The summed E-state index contributed by atoms with van der Waals surface area (Å²) in [5.74, 6) is 0.666. The number of para-hydroxylation sites is 1. The molecule has 4 aromatic rings. The number of pyridine rings is 1. The van der Waals surface area contributed by atoms with Gasteiger partial charge in [0.05, 0.1) is 5.69 Å². The zero-order valence-electron chi connectivity index (χ0n) is 20.1. The van der Waals surface area contributed by atoms with Gasteiger partial charge in [-0.1, -0.05) is 42.0 Å². The van der Waals surface area contributed by atoms with Crippen molar-refractivity contribution >= 4 is 17.4 Å². The first-order chi connectivity index (χ1) is 17.6. The van der Waals surface area contributed by atoms with Gasteiger partial charge in [0.25, 0.3) is 5.91 Å². The second-order valence-electron chi connectivity index (χ2n) is 8.77. The Labute approximate surface area is 209 Å². The molecule has 8 heteroatoms. The first-order valence-electron chi connectivity index (χ1n) is 11.9. The van der Waals surface area contributed by atoms with E-state index in [1.165, 1.54) is 6.07 Å². The predicted molar refractivity (Wildman–Crippen MR) is 138 cm³/mol. The number of rotatable bonds is 6. The number of nitrogens with one attached hydrogen (secondary N) is 1. The van der Waals surface area contributed by atoms with Crippen LogP contribution in [0.1, 0.15) is 21.5 Å². The van der Waals surface area contributed by atoms with E-state index in [0.717, 1.165) is 16.7 Å². The molecule has 1 N–H and O–H groups in total. The minimum Gasteiger partial charge on any atom is -0.366 e. The average molecular weight is 483 g/mol. The molecule has 0 spiro atoms. The lowest BCUT2D eigenvalue weighted by Crippen LogP contribution is -2.47. The van der Waals surface area contributed by atoms with Crippen molar-refractivity contribution in [2.75, 3.05) is 36.0 Å². The molecule has 2 aromatic carbocycles. The summed E-state index contributed by atoms with van der Waals surface area (Å²) in [6, 6.07) is 18.5. The van der Waals surface area contributed by atoms with Crippen LogP contribution in [0.25, 0.3) is 11.4 Å². The molecular formula is C28H27FN6O. The van der Waals surface area contributed by atoms with E-state index >= 15 is 0 Å². The number of benzene rings is 2. The third-order valence-corrected chi connectivity index (χ3v) is 6.24. The summed E-state index contributed by atoms with van der Waals surface area (Å²) in [5.41, 5.74) is 3.91. The van der Waals surface area contributed by atoms with Crippen molar-refractivity contribution in [3.8, 4) is 11.4 Å². The Morgan fingerprint density at radius 1 is 0.972 bits per heavy atom. The first-order valence-corrected chi connectivity index (χ1v) is 11.9. The van der Waals surface area contributed by atoms with Gasteiger partial charge >= 0.3 is 0 Å². The fourth-order valence-corrected chi connectivity index (χ4v) is 4.34. The number of anilines is 2. The normalized spacial score (nSPS) is 13.5. The smallest absolute Gasteiger partial charge is 0.256 e. The molecular weight excluding hydrogens is 455 g/mol. The van der Waals surface area contributed by atoms with Crippen molar-refractivity contribution < 1.29 is 9.18 Å². The number of hydrogen-bond acceptors (Lipinski definition) is 6. The molecule has 1 fully saturated rings. The highest BCUT2D eigenvalue weighted by molar-refractivity contribution is 5.99. The lowest BCUT2D eigenvalue weighted by molar-refractivity contribution is 0.0950. The number of piperazine rings is 1. The zero-order chi connectivity index (χ0) is 24.9. The third-order valence-electron chi connectivity index (χ3n) is 6.24. The van der Waals surface area contributed by atoms with Gasteiger partial charge in [-0.05, 0) is 36.8 Å². The number of carbonyl (C=O) groups excluding carboxylic acids is 1. The van der Waals surface area contributed by atoms with Gasteiger partial charge in [-0.25, -0.2) is 14.4 Å². The minimum absolute atomic E-state index is 0.231. The summed E-state index contributed by atoms with van der Waals surface area (Å²) in [5, 5.41) is 2.96. The van der Waals surface area contributed by atoms with E-state index in [4.69, 9.17) is 4.98 Å². The van der Waals surface area contributed by atoms with Crippen LogP contribution < -0.4 is 15.1 Å². The number of nitrogens with zero attached hydrogens (tertiary/aromatic N) is 5. The summed E-state index contributed by atoms with van der Waals surface area (Å²) < 4.78 is 14.3. The van der Waals surface area contributed by atoms with Gasteiger partial charge in [0.15, 0.2) is 5.82 Å². The summed E-state index contributed by atoms with van der Waals surface area (Å²) >= 11 is 0. The molecule has 1 amide bonds. The Hall–Kier alpha value is -4.33. The van der Waals surface area contributed by atoms with Crippen LogP contribution in [0.5, 0.6) is 0 Å². The maximum Gasteiger partial charge on any atom is 0.256 e. The fraction of sp³-hybridized carbons (Fsp3) is 0.214. The molecule has 2 aromatic heterocycles. The van der Waals surface area contributed by atoms with E-state index in [1.54, 1.807) is 30.7 Å². The number of halogens is 1. The van der Waals surface area contributed by atoms with Crippen LogP contribution in [0.4, 0.5) is 15.9 Å². The van der Waals surface area contributed by atoms with Crippen molar-refractivity contribution in [2.45, 2.75) is 13.5 Å². The second kappa shape index (κ2) is 10.5. The van der Waals surface area contributed by atoms with E-state index in [9.17, 15) is 9.18 Å².